The summed E-state index contributed by atoms with van der Waals surface area (Å²) in [5.41, 5.74) is 0.768. The smallest absolute Gasteiger partial charge is 0.374 e. The number of rotatable bonds is 3. The molecule has 1 heterocycles. The van der Waals surface area contributed by atoms with Crippen LogP contribution in [0.3, 0.4) is 0 Å². The van der Waals surface area contributed by atoms with Crippen molar-refractivity contribution in [2.75, 3.05) is 0 Å². The highest BCUT2D eigenvalue weighted by atomic mass is 35.5. The topological polar surface area (TPSA) is 39.4 Å². The van der Waals surface area contributed by atoms with Crippen LogP contribution in [0.2, 0.25) is 5.02 Å². The van der Waals surface area contributed by atoms with E-state index in [1.165, 1.54) is 6.26 Å². The molecule has 82 valence electrons. The lowest BCUT2D eigenvalue weighted by Gasteiger charge is -2.04. The minimum absolute atomic E-state index is 0.138. The van der Waals surface area contributed by atoms with Crippen LogP contribution >= 0.6 is 11.6 Å². The predicted octanol–water partition coefficient (Wildman–Crippen LogP) is 3.29. The fourth-order valence-corrected chi connectivity index (χ4v) is 1.41. The van der Waals surface area contributed by atoms with Crippen LogP contribution in [-0.2, 0) is 11.3 Å². The van der Waals surface area contributed by atoms with E-state index in [1.54, 1.807) is 24.3 Å². The summed E-state index contributed by atoms with van der Waals surface area (Å²) in [7, 11) is 0. The van der Waals surface area contributed by atoms with Crippen LogP contribution in [0.5, 0.6) is 0 Å². The summed E-state index contributed by atoms with van der Waals surface area (Å²) in [6.45, 7) is 0.138. The van der Waals surface area contributed by atoms with Gasteiger partial charge in [0.1, 0.15) is 6.61 Å². The van der Waals surface area contributed by atoms with Crippen LogP contribution in [0.15, 0.2) is 47.1 Å². The third-order valence-electron chi connectivity index (χ3n) is 2.04. The number of benzene rings is 1. The summed E-state index contributed by atoms with van der Waals surface area (Å²) < 4.78 is 9.94. The first-order valence-electron chi connectivity index (χ1n) is 4.71. The molecular weight excluding hydrogens is 228 g/mol. The Balaban J connectivity index is 1.98. The summed E-state index contributed by atoms with van der Waals surface area (Å²) >= 11 is 5.92. The number of carbonyl (C=O) groups excluding carboxylic acids is 1. The number of ether oxygens (including phenoxy) is 1. The molecule has 0 radical (unpaired) electrons. The fraction of sp³-hybridized carbons (Fsp3) is 0.0833. The van der Waals surface area contributed by atoms with E-state index in [2.05, 4.69) is 0 Å². The molecule has 0 N–H and O–H groups in total. The van der Waals surface area contributed by atoms with E-state index in [-0.39, 0.29) is 12.4 Å². The molecule has 2 aromatic rings. The summed E-state index contributed by atoms with van der Waals surface area (Å²) in [4.78, 5) is 11.4. The summed E-state index contributed by atoms with van der Waals surface area (Å²) in [6.07, 6.45) is 1.42. The van der Waals surface area contributed by atoms with E-state index in [4.69, 9.17) is 20.8 Å². The lowest BCUT2D eigenvalue weighted by molar-refractivity contribution is 0.0436. The van der Waals surface area contributed by atoms with Crippen molar-refractivity contribution >= 4 is 17.6 Å². The van der Waals surface area contributed by atoms with Crippen LogP contribution in [0.1, 0.15) is 16.1 Å². The molecule has 0 amide bonds. The van der Waals surface area contributed by atoms with Gasteiger partial charge in [-0.3, -0.25) is 0 Å². The van der Waals surface area contributed by atoms with Crippen molar-refractivity contribution in [3.8, 4) is 0 Å². The van der Waals surface area contributed by atoms with Crippen molar-refractivity contribution in [2.45, 2.75) is 6.61 Å². The zero-order chi connectivity index (χ0) is 11.4. The van der Waals surface area contributed by atoms with Gasteiger partial charge in [-0.25, -0.2) is 4.79 Å². The monoisotopic (exact) mass is 236 g/mol. The molecule has 4 heteroatoms. The van der Waals surface area contributed by atoms with E-state index < -0.39 is 5.97 Å². The van der Waals surface area contributed by atoms with Crippen LogP contribution in [0.25, 0.3) is 0 Å². The zero-order valence-electron chi connectivity index (χ0n) is 8.35. The molecule has 0 spiro atoms. The lowest BCUT2D eigenvalue weighted by Crippen LogP contribution is -2.04. The Kier molecular flexibility index (Phi) is 3.27. The van der Waals surface area contributed by atoms with Crippen molar-refractivity contribution < 1.29 is 13.9 Å². The number of furan rings is 1. The first-order chi connectivity index (χ1) is 7.77. The number of carbonyl (C=O) groups is 1. The van der Waals surface area contributed by atoms with Gasteiger partial charge < -0.3 is 9.15 Å². The molecule has 0 fully saturated rings. The molecular formula is C12H9ClO3. The van der Waals surface area contributed by atoms with Gasteiger partial charge in [0.25, 0.3) is 0 Å². The van der Waals surface area contributed by atoms with Crippen LogP contribution in [0, 0.1) is 0 Å². The Hall–Kier alpha value is -1.74. The first-order valence-corrected chi connectivity index (χ1v) is 5.09. The predicted molar refractivity (Wildman–Crippen MR) is 59.3 cm³/mol. The number of hydrogen-bond donors (Lipinski definition) is 0. The summed E-state index contributed by atoms with van der Waals surface area (Å²) in [6, 6.07) is 10.4. The van der Waals surface area contributed by atoms with E-state index in [9.17, 15) is 4.79 Å². The van der Waals surface area contributed by atoms with Crippen molar-refractivity contribution in [1.82, 2.24) is 0 Å². The molecule has 1 aromatic carbocycles. The third-order valence-corrected chi connectivity index (χ3v) is 2.41. The normalized spacial score (nSPS) is 10.1. The standard InChI is InChI=1S/C12H9ClO3/c13-10-5-2-1-4-9(10)8-16-12(14)11-6-3-7-15-11/h1-7H,8H2. The quantitative estimate of drug-likeness (QED) is 0.768. The van der Waals surface area contributed by atoms with Gasteiger partial charge in [-0.1, -0.05) is 29.8 Å². The summed E-state index contributed by atoms with van der Waals surface area (Å²) in [5, 5.41) is 0.578. The average Bonchev–Trinajstić information content (AvgIpc) is 2.81. The molecule has 0 saturated heterocycles. The Morgan fingerprint density at radius 2 is 2.06 bits per heavy atom. The maximum absolute atomic E-state index is 11.4. The Bertz CT molecular complexity index is 477. The second-order valence-corrected chi connectivity index (χ2v) is 3.55. The molecule has 0 unspecified atom stereocenters. The van der Waals surface area contributed by atoms with Gasteiger partial charge in [-0.15, -0.1) is 0 Å². The minimum Gasteiger partial charge on any atom is -0.457 e. The van der Waals surface area contributed by atoms with Crippen LogP contribution < -0.4 is 0 Å². The minimum atomic E-state index is -0.495. The molecule has 0 aliphatic rings. The van der Waals surface area contributed by atoms with Gasteiger partial charge in [-0.05, 0) is 18.2 Å². The fourth-order valence-electron chi connectivity index (χ4n) is 1.22. The number of hydrogen-bond acceptors (Lipinski definition) is 3. The molecule has 0 aliphatic carbocycles. The SMILES string of the molecule is O=C(OCc1ccccc1Cl)c1ccco1. The second kappa shape index (κ2) is 4.86. The van der Waals surface area contributed by atoms with Gasteiger partial charge in [0.2, 0.25) is 5.76 Å². The van der Waals surface area contributed by atoms with Crippen LogP contribution in [-0.4, -0.2) is 5.97 Å². The zero-order valence-corrected chi connectivity index (χ0v) is 9.11. The summed E-state index contributed by atoms with van der Waals surface area (Å²) in [5.74, 6) is -0.308. The number of esters is 1. The maximum atomic E-state index is 11.4. The van der Waals surface area contributed by atoms with E-state index in [0.29, 0.717) is 5.02 Å². The highest BCUT2D eigenvalue weighted by molar-refractivity contribution is 6.31. The second-order valence-electron chi connectivity index (χ2n) is 3.14. The van der Waals surface area contributed by atoms with Gasteiger partial charge in [0, 0.05) is 10.6 Å². The lowest BCUT2D eigenvalue weighted by atomic mass is 10.2. The van der Waals surface area contributed by atoms with E-state index in [1.807, 2.05) is 12.1 Å². The Morgan fingerprint density at radius 3 is 2.75 bits per heavy atom. The highest BCUT2D eigenvalue weighted by Crippen LogP contribution is 2.16. The molecule has 0 saturated carbocycles. The van der Waals surface area contributed by atoms with Crippen molar-refractivity contribution in [3.05, 3.63) is 59.0 Å². The largest absolute Gasteiger partial charge is 0.457 e. The molecule has 0 atom stereocenters. The van der Waals surface area contributed by atoms with Crippen molar-refractivity contribution in [1.29, 1.82) is 0 Å². The van der Waals surface area contributed by atoms with E-state index >= 15 is 0 Å². The Morgan fingerprint density at radius 1 is 1.25 bits per heavy atom. The van der Waals surface area contributed by atoms with E-state index in [0.717, 1.165) is 5.56 Å². The van der Waals surface area contributed by atoms with Gasteiger partial charge in [-0.2, -0.15) is 0 Å². The molecule has 16 heavy (non-hydrogen) atoms. The van der Waals surface area contributed by atoms with Gasteiger partial charge >= 0.3 is 5.97 Å². The number of halogens is 1. The average molecular weight is 237 g/mol. The highest BCUT2D eigenvalue weighted by Gasteiger charge is 2.10. The van der Waals surface area contributed by atoms with Gasteiger partial charge in [0.15, 0.2) is 0 Å². The third kappa shape index (κ3) is 2.44. The molecule has 2 rings (SSSR count). The maximum Gasteiger partial charge on any atom is 0.374 e. The first kappa shape index (κ1) is 10.8. The molecule has 0 aliphatic heterocycles. The van der Waals surface area contributed by atoms with Crippen LogP contribution in [0.4, 0.5) is 0 Å². The molecule has 0 bridgehead atoms. The van der Waals surface area contributed by atoms with Gasteiger partial charge in [0.05, 0.1) is 6.26 Å². The van der Waals surface area contributed by atoms with Crippen molar-refractivity contribution in [3.63, 3.8) is 0 Å². The molecule has 3 nitrogen and oxygen atoms in total. The Labute approximate surface area is 97.6 Å². The van der Waals surface area contributed by atoms with Crippen molar-refractivity contribution in [2.24, 2.45) is 0 Å². The molecule has 1 aromatic heterocycles.